The molecular formula is C16H23NO3. The van der Waals surface area contributed by atoms with Gasteiger partial charge < -0.3 is 14.8 Å². The minimum atomic E-state index is -0.0682. The van der Waals surface area contributed by atoms with E-state index < -0.39 is 0 Å². The monoisotopic (exact) mass is 277 g/mol. The molecule has 0 aliphatic carbocycles. The summed E-state index contributed by atoms with van der Waals surface area (Å²) in [5.41, 5.74) is 0.599. The van der Waals surface area contributed by atoms with Crippen LogP contribution in [0.1, 0.15) is 43.0 Å². The molecule has 1 fully saturated rings. The summed E-state index contributed by atoms with van der Waals surface area (Å²) >= 11 is 0. The first kappa shape index (κ1) is 14.9. The van der Waals surface area contributed by atoms with Gasteiger partial charge in [-0.3, -0.25) is 4.79 Å². The molecule has 0 spiro atoms. The number of hydrogen-bond donors (Lipinski definition) is 1. The molecule has 0 bridgehead atoms. The Morgan fingerprint density at radius 2 is 2.30 bits per heavy atom. The molecule has 1 unspecified atom stereocenters. The van der Waals surface area contributed by atoms with E-state index in [-0.39, 0.29) is 12.0 Å². The largest absolute Gasteiger partial charge is 0.490 e. The Morgan fingerprint density at radius 3 is 3.05 bits per heavy atom. The van der Waals surface area contributed by atoms with Crippen molar-refractivity contribution < 1.29 is 14.3 Å². The van der Waals surface area contributed by atoms with E-state index in [0.717, 1.165) is 32.3 Å². The molecule has 110 valence electrons. The van der Waals surface area contributed by atoms with Crippen LogP contribution in [0.3, 0.4) is 0 Å². The zero-order valence-electron chi connectivity index (χ0n) is 12.1. The summed E-state index contributed by atoms with van der Waals surface area (Å²) in [6.45, 7) is 4.13. The first-order valence-electron chi connectivity index (χ1n) is 7.43. The van der Waals surface area contributed by atoms with Gasteiger partial charge in [0.2, 0.25) is 0 Å². The zero-order chi connectivity index (χ0) is 14.2. The number of amides is 1. The van der Waals surface area contributed by atoms with Gasteiger partial charge >= 0.3 is 0 Å². The van der Waals surface area contributed by atoms with Gasteiger partial charge in [-0.15, -0.1) is 0 Å². The number of carbonyl (C=O) groups excluding carboxylic acids is 1. The summed E-state index contributed by atoms with van der Waals surface area (Å²) in [4.78, 5) is 12.1. The second-order valence-electron chi connectivity index (χ2n) is 5.05. The minimum Gasteiger partial charge on any atom is -0.490 e. The molecule has 1 saturated heterocycles. The topological polar surface area (TPSA) is 47.6 Å². The van der Waals surface area contributed by atoms with Crippen molar-refractivity contribution in [3.05, 3.63) is 29.8 Å². The average molecular weight is 277 g/mol. The highest BCUT2D eigenvalue weighted by Gasteiger charge is 2.18. The second-order valence-corrected chi connectivity index (χ2v) is 5.05. The average Bonchev–Trinajstić information content (AvgIpc) is 2.99. The third kappa shape index (κ3) is 4.23. The smallest absolute Gasteiger partial charge is 0.255 e. The lowest BCUT2D eigenvalue weighted by atomic mass is 10.2. The van der Waals surface area contributed by atoms with Crippen molar-refractivity contribution in [2.24, 2.45) is 0 Å². The summed E-state index contributed by atoms with van der Waals surface area (Å²) < 4.78 is 11.3. The molecule has 1 heterocycles. The molecular weight excluding hydrogens is 254 g/mol. The Kier molecular flexibility index (Phi) is 5.87. The van der Waals surface area contributed by atoms with E-state index in [9.17, 15) is 4.79 Å². The first-order chi connectivity index (χ1) is 9.81. The van der Waals surface area contributed by atoms with Gasteiger partial charge in [-0.2, -0.15) is 0 Å². The van der Waals surface area contributed by atoms with Crippen molar-refractivity contribution in [3.8, 4) is 5.75 Å². The van der Waals surface area contributed by atoms with E-state index in [4.69, 9.17) is 9.47 Å². The highest BCUT2D eigenvalue weighted by Crippen LogP contribution is 2.20. The molecule has 1 aliphatic heterocycles. The Morgan fingerprint density at radius 1 is 1.45 bits per heavy atom. The number of benzene rings is 1. The van der Waals surface area contributed by atoms with E-state index in [2.05, 4.69) is 12.2 Å². The summed E-state index contributed by atoms with van der Waals surface area (Å²) in [7, 11) is 0. The van der Waals surface area contributed by atoms with Crippen molar-refractivity contribution in [2.75, 3.05) is 19.8 Å². The van der Waals surface area contributed by atoms with Gasteiger partial charge in [-0.25, -0.2) is 0 Å². The molecule has 20 heavy (non-hydrogen) atoms. The zero-order valence-corrected chi connectivity index (χ0v) is 12.1. The molecule has 1 aliphatic rings. The summed E-state index contributed by atoms with van der Waals surface area (Å²) in [6.07, 6.45) is 4.34. The Hall–Kier alpha value is -1.55. The van der Waals surface area contributed by atoms with E-state index in [0.29, 0.717) is 24.5 Å². The lowest BCUT2D eigenvalue weighted by molar-refractivity contribution is 0.0670. The van der Waals surface area contributed by atoms with Gasteiger partial charge in [-0.1, -0.05) is 25.5 Å². The molecule has 1 N–H and O–H groups in total. The maximum Gasteiger partial charge on any atom is 0.255 e. The van der Waals surface area contributed by atoms with Crippen molar-refractivity contribution in [3.63, 3.8) is 0 Å². The summed E-state index contributed by atoms with van der Waals surface area (Å²) in [5.74, 6) is 0.568. The lowest BCUT2D eigenvalue weighted by Crippen LogP contribution is -2.25. The number of ether oxygens (including phenoxy) is 2. The fourth-order valence-corrected chi connectivity index (χ4v) is 2.21. The molecule has 1 amide bonds. The number of para-hydroxylation sites is 1. The Balaban J connectivity index is 1.92. The van der Waals surface area contributed by atoms with Crippen molar-refractivity contribution in [2.45, 2.75) is 38.7 Å². The van der Waals surface area contributed by atoms with Gasteiger partial charge in [-0.05, 0) is 31.4 Å². The van der Waals surface area contributed by atoms with Crippen LogP contribution in [0.2, 0.25) is 0 Å². The molecule has 1 atom stereocenters. The molecule has 0 saturated carbocycles. The van der Waals surface area contributed by atoms with Crippen LogP contribution < -0.4 is 10.1 Å². The summed E-state index contributed by atoms with van der Waals surface area (Å²) in [6, 6.07) is 7.37. The molecule has 4 heteroatoms. The number of unbranched alkanes of at least 4 members (excludes halogenated alkanes) is 1. The predicted octanol–water partition coefficient (Wildman–Crippen LogP) is 2.77. The van der Waals surface area contributed by atoms with Crippen LogP contribution >= 0.6 is 0 Å². The normalized spacial score (nSPS) is 17.9. The van der Waals surface area contributed by atoms with Gasteiger partial charge in [0.05, 0.1) is 11.7 Å². The molecule has 0 aromatic heterocycles. The van der Waals surface area contributed by atoms with E-state index in [1.165, 1.54) is 0 Å². The molecule has 1 aromatic rings. The van der Waals surface area contributed by atoms with E-state index in [1.54, 1.807) is 6.07 Å². The Bertz CT molecular complexity index is 427. The quantitative estimate of drug-likeness (QED) is 0.780. The number of nitrogens with one attached hydrogen (secondary N) is 1. The molecule has 1 aromatic carbocycles. The van der Waals surface area contributed by atoms with Crippen LogP contribution in [0.25, 0.3) is 0 Å². The lowest BCUT2D eigenvalue weighted by Gasteiger charge is -2.14. The minimum absolute atomic E-state index is 0.0682. The van der Waals surface area contributed by atoms with E-state index >= 15 is 0 Å². The third-order valence-corrected chi connectivity index (χ3v) is 3.40. The maximum atomic E-state index is 12.1. The summed E-state index contributed by atoms with van der Waals surface area (Å²) in [5, 5.41) is 2.92. The fourth-order valence-electron chi connectivity index (χ4n) is 2.21. The van der Waals surface area contributed by atoms with Gasteiger partial charge in [0.25, 0.3) is 5.91 Å². The van der Waals surface area contributed by atoms with Crippen LogP contribution in [-0.2, 0) is 4.74 Å². The van der Waals surface area contributed by atoms with Crippen molar-refractivity contribution >= 4 is 5.91 Å². The maximum absolute atomic E-state index is 12.1. The molecule has 2 rings (SSSR count). The molecule has 4 nitrogen and oxygen atoms in total. The van der Waals surface area contributed by atoms with Crippen LogP contribution in [0.5, 0.6) is 5.75 Å². The SMILES string of the molecule is CCCCNC(=O)c1ccccc1OCC1CCCO1. The highest BCUT2D eigenvalue weighted by molar-refractivity contribution is 5.96. The Labute approximate surface area is 120 Å². The van der Waals surface area contributed by atoms with Crippen molar-refractivity contribution in [1.82, 2.24) is 5.32 Å². The standard InChI is InChI=1S/C16H23NO3/c1-2-3-10-17-16(18)14-8-4-5-9-15(14)20-12-13-7-6-11-19-13/h4-5,8-9,13H,2-3,6-7,10-12H2,1H3,(H,17,18). The third-order valence-electron chi connectivity index (χ3n) is 3.40. The van der Waals surface area contributed by atoms with Crippen LogP contribution in [-0.4, -0.2) is 31.8 Å². The first-order valence-corrected chi connectivity index (χ1v) is 7.43. The van der Waals surface area contributed by atoms with E-state index in [1.807, 2.05) is 18.2 Å². The van der Waals surface area contributed by atoms with Crippen molar-refractivity contribution in [1.29, 1.82) is 0 Å². The number of rotatable bonds is 7. The molecule has 0 radical (unpaired) electrons. The fraction of sp³-hybridized carbons (Fsp3) is 0.562. The van der Waals surface area contributed by atoms with Crippen LogP contribution in [0.4, 0.5) is 0 Å². The second kappa shape index (κ2) is 7.90. The van der Waals surface area contributed by atoms with Crippen LogP contribution in [0, 0.1) is 0 Å². The van der Waals surface area contributed by atoms with Crippen LogP contribution in [0.15, 0.2) is 24.3 Å². The predicted molar refractivity (Wildman–Crippen MR) is 78.2 cm³/mol. The van der Waals surface area contributed by atoms with Gasteiger partial charge in [0.15, 0.2) is 0 Å². The number of hydrogen-bond acceptors (Lipinski definition) is 3. The highest BCUT2D eigenvalue weighted by atomic mass is 16.5. The van der Waals surface area contributed by atoms with Gasteiger partial charge in [0.1, 0.15) is 12.4 Å². The number of carbonyl (C=O) groups is 1. The van der Waals surface area contributed by atoms with Gasteiger partial charge in [0, 0.05) is 13.2 Å².